The molecule has 3 heterocycles. The van der Waals surface area contributed by atoms with Gasteiger partial charge >= 0.3 is 23.5 Å². The summed E-state index contributed by atoms with van der Waals surface area (Å²) in [7, 11) is -17.0. The number of carbonyl (C=O) groups is 2. The number of guanidine groups is 1. The van der Waals surface area contributed by atoms with Gasteiger partial charge < -0.3 is 80.6 Å². The Labute approximate surface area is 386 Å². The summed E-state index contributed by atoms with van der Waals surface area (Å²) in [5.41, 5.74) is 31.1. The topological polar surface area (TPSA) is 455 Å². The highest BCUT2D eigenvalue weighted by molar-refractivity contribution is 7.66. The molecule has 2 fully saturated rings. The van der Waals surface area contributed by atoms with Crippen molar-refractivity contribution < 1.29 is 79.7 Å². The zero-order valence-corrected chi connectivity index (χ0v) is 38.4. The summed E-state index contributed by atoms with van der Waals surface area (Å²) in [5, 5.41) is 18.4. The van der Waals surface area contributed by atoms with Crippen LogP contribution in [0.4, 0.5) is 5.82 Å². The number of hydrogen-bond donors (Lipinski definition) is 10. The van der Waals surface area contributed by atoms with Crippen molar-refractivity contribution in [1.29, 1.82) is 0 Å². The average Bonchev–Trinajstić information content (AvgIpc) is 3.82. The Morgan fingerprint density at radius 1 is 1.09 bits per heavy atom. The predicted octanol–water partition coefficient (Wildman–Crippen LogP) is 1.37. The second-order valence-corrected chi connectivity index (χ2v) is 18.9. The molecule has 1 aromatic heterocycles. The zero-order valence-electron chi connectivity index (χ0n) is 35.7. The minimum Gasteiger partial charge on any atom is -0.491 e. The largest absolute Gasteiger partial charge is 0.491 e. The van der Waals surface area contributed by atoms with E-state index in [0.717, 1.165) is 12.8 Å². The first-order chi connectivity index (χ1) is 32.3. The highest BCUT2D eigenvalue weighted by Gasteiger charge is 2.44. The van der Waals surface area contributed by atoms with Gasteiger partial charge in [-0.05, 0) is 42.1 Å². The molecular weight excluding hydrogens is 969 g/mol. The summed E-state index contributed by atoms with van der Waals surface area (Å²) < 4.78 is 77.1. The molecule has 7 atom stereocenters. The molecule has 31 nitrogen and oxygen atoms in total. The van der Waals surface area contributed by atoms with Gasteiger partial charge in [-0.3, -0.25) is 14.1 Å². The van der Waals surface area contributed by atoms with E-state index < -0.39 is 73.5 Å². The van der Waals surface area contributed by atoms with Gasteiger partial charge in [-0.15, -0.1) is 0 Å². The van der Waals surface area contributed by atoms with Gasteiger partial charge in [-0.1, -0.05) is 34.6 Å². The SMILES string of the molecule is [N-]=[N+]=NCOC1C[C@H](n2cc(C#CCNC(=O)COCCOC(COc3cccc(C(=O)NCCNC4CCC4)c3)N=[N+]=[N-])c3c2N=C(N)NC3N)O[C@@H]1COP(=O)(O)OP(=O)(O)OP(=O)(O)O. The van der Waals surface area contributed by atoms with E-state index in [9.17, 15) is 33.1 Å². The van der Waals surface area contributed by atoms with Gasteiger partial charge in [0.1, 0.15) is 50.0 Å². The smallest absolute Gasteiger partial charge is 0.490 e. The minimum absolute atomic E-state index is 0.0597. The number of azide groups is 2. The first-order valence-electron chi connectivity index (χ1n) is 20.3. The summed E-state index contributed by atoms with van der Waals surface area (Å²) in [6, 6.07) is 7.02. The van der Waals surface area contributed by atoms with Crippen molar-refractivity contribution in [3.8, 4) is 17.6 Å². The standard InChI is InChI=1S/C34H49N14O17P3/c35-31-30-22(16-48(32(30)44-34(36)43-31)29-15-25(61-20-42-46-37)26(63-29)17-62-67(54,55)65-68(56,57)64-66(51,52)53)5-3-9-40-27(49)18-58-12-13-59-28(45-47-38)19-60-24-8-1-4-21(14-24)33(50)41-11-10-39-23-6-2-7-23/h1,4,8,14,16,23,25-26,28-29,31,39H,2,6-7,9-13,15,17-20,35H2,(H,40,49)(H,41,50)(H,54,55)(H,56,57)(H3,36,43,44)(H2,51,52,53)/t25?,26-,28?,29-,31?/m1/s1. The average molecular weight is 1020 g/mol. The van der Waals surface area contributed by atoms with E-state index in [1.54, 1.807) is 24.3 Å². The van der Waals surface area contributed by atoms with Crippen LogP contribution in [0.5, 0.6) is 5.75 Å². The second kappa shape index (κ2) is 25.5. The van der Waals surface area contributed by atoms with Crippen LogP contribution in [0.1, 0.15) is 59.6 Å². The Balaban J connectivity index is 1.10. The summed E-state index contributed by atoms with van der Waals surface area (Å²) in [6.45, 7) is -1.09. The molecule has 1 saturated heterocycles. The minimum atomic E-state index is -5.81. The van der Waals surface area contributed by atoms with Crippen LogP contribution >= 0.6 is 23.5 Å². The van der Waals surface area contributed by atoms with E-state index in [2.05, 4.69) is 66.8 Å². The number of ether oxygens (including phenoxy) is 5. The molecule has 372 valence electrons. The van der Waals surface area contributed by atoms with Crippen molar-refractivity contribution in [1.82, 2.24) is 25.8 Å². The molecule has 5 rings (SSSR count). The van der Waals surface area contributed by atoms with Crippen LogP contribution in [0.25, 0.3) is 20.9 Å². The van der Waals surface area contributed by atoms with Gasteiger partial charge in [0.2, 0.25) is 5.91 Å². The molecule has 5 unspecified atom stereocenters. The fourth-order valence-corrected chi connectivity index (χ4v) is 9.48. The van der Waals surface area contributed by atoms with Gasteiger partial charge in [0, 0.05) is 52.7 Å². The maximum atomic E-state index is 12.6. The van der Waals surface area contributed by atoms with E-state index in [4.69, 9.17) is 60.5 Å². The third-order valence-electron chi connectivity index (χ3n) is 9.59. The number of aromatic nitrogens is 1. The van der Waals surface area contributed by atoms with Crippen LogP contribution in [-0.2, 0) is 50.6 Å². The second-order valence-electron chi connectivity index (χ2n) is 14.5. The Morgan fingerprint density at radius 3 is 2.60 bits per heavy atom. The van der Waals surface area contributed by atoms with Crippen LogP contribution in [0, 0.1) is 11.8 Å². The molecule has 0 spiro atoms. The summed E-state index contributed by atoms with van der Waals surface area (Å²) >= 11 is 0. The van der Waals surface area contributed by atoms with Crippen LogP contribution in [0.15, 0.2) is 45.7 Å². The molecule has 34 heteroatoms. The number of carbonyl (C=O) groups excluding carboxylic acids is 2. The molecule has 2 aliphatic heterocycles. The molecule has 68 heavy (non-hydrogen) atoms. The van der Waals surface area contributed by atoms with Crippen molar-refractivity contribution in [2.24, 2.45) is 26.7 Å². The van der Waals surface area contributed by atoms with E-state index in [1.165, 1.54) is 17.2 Å². The lowest BCUT2D eigenvalue weighted by Crippen LogP contribution is -2.41. The summed E-state index contributed by atoms with van der Waals surface area (Å²) in [4.78, 5) is 71.8. The number of nitrogens with one attached hydrogen (secondary N) is 4. The van der Waals surface area contributed by atoms with Crippen molar-refractivity contribution in [2.75, 3.05) is 59.4 Å². The molecular formula is C34H49N14O17P3. The molecule has 0 bridgehead atoms. The van der Waals surface area contributed by atoms with Crippen LogP contribution in [0.2, 0.25) is 0 Å². The van der Waals surface area contributed by atoms with E-state index in [-0.39, 0.29) is 57.1 Å². The quantitative estimate of drug-likeness (QED) is 0.0151. The van der Waals surface area contributed by atoms with E-state index >= 15 is 0 Å². The zero-order chi connectivity index (χ0) is 49.3. The number of hydrogen-bond acceptors (Lipinski definition) is 20. The first-order valence-corrected chi connectivity index (χ1v) is 24.8. The van der Waals surface area contributed by atoms with E-state index in [1.807, 2.05) is 0 Å². The van der Waals surface area contributed by atoms with Crippen LogP contribution in [-0.4, -0.2) is 126 Å². The summed E-state index contributed by atoms with van der Waals surface area (Å²) in [6.07, 6.45) is -0.380. The number of aliphatic imine (C=N–C) groups is 1. The van der Waals surface area contributed by atoms with Crippen LogP contribution in [0.3, 0.4) is 0 Å². The van der Waals surface area contributed by atoms with Gasteiger partial charge in [-0.2, -0.15) is 13.6 Å². The number of nitrogens with two attached hydrogens (primary N) is 2. The Kier molecular flexibility index (Phi) is 20.1. The molecule has 2 amide bonds. The third kappa shape index (κ3) is 17.4. The maximum absolute atomic E-state index is 12.6. The predicted molar refractivity (Wildman–Crippen MR) is 233 cm³/mol. The monoisotopic (exact) mass is 1020 g/mol. The first kappa shape index (κ1) is 53.8. The van der Waals surface area contributed by atoms with Gasteiger partial charge in [0.25, 0.3) is 5.91 Å². The maximum Gasteiger partial charge on any atom is 0.490 e. The molecule has 3 aliphatic rings. The Morgan fingerprint density at radius 2 is 1.88 bits per heavy atom. The van der Waals surface area contributed by atoms with Gasteiger partial charge in [0.15, 0.2) is 12.2 Å². The molecule has 0 radical (unpaired) electrons. The third-order valence-corrected chi connectivity index (χ3v) is 13.4. The highest BCUT2D eigenvalue weighted by atomic mass is 31.3. The molecule has 1 aromatic carbocycles. The molecule has 12 N–H and O–H groups in total. The number of rotatable bonds is 27. The van der Waals surface area contributed by atoms with Crippen LogP contribution < -0.4 is 37.5 Å². The highest BCUT2D eigenvalue weighted by Crippen LogP contribution is 2.66. The molecule has 1 saturated carbocycles. The van der Waals surface area contributed by atoms with Crippen molar-refractivity contribution in [3.05, 3.63) is 68.0 Å². The van der Waals surface area contributed by atoms with Gasteiger partial charge in [0.05, 0.1) is 38.0 Å². The van der Waals surface area contributed by atoms with Crippen molar-refractivity contribution in [3.63, 3.8) is 0 Å². The lowest BCUT2D eigenvalue weighted by molar-refractivity contribution is -0.126. The number of phosphoric acid groups is 3. The Hall–Kier alpha value is -5.14. The number of amides is 2. The molecule has 1 aliphatic carbocycles. The number of phosphoric ester groups is 1. The van der Waals surface area contributed by atoms with Crippen molar-refractivity contribution in [2.45, 2.75) is 62.6 Å². The van der Waals surface area contributed by atoms with Crippen molar-refractivity contribution >= 4 is 47.1 Å². The number of fused-ring (bicyclic) bond motifs is 1. The Bertz CT molecular complexity index is 2430. The fourth-order valence-electron chi connectivity index (χ4n) is 6.45. The van der Waals surface area contributed by atoms with Gasteiger partial charge in [-0.25, -0.2) is 13.7 Å². The number of nitrogens with zero attached hydrogens (tertiary/aromatic N) is 8. The van der Waals surface area contributed by atoms with E-state index in [0.29, 0.717) is 41.6 Å². The molecule has 2 aromatic rings. The fraction of sp³-hybridized carbons (Fsp3) is 0.559. The number of benzene rings is 1. The lowest BCUT2D eigenvalue weighted by Gasteiger charge is -2.26. The normalized spacial score (nSPS) is 21.0. The summed E-state index contributed by atoms with van der Waals surface area (Å²) in [5.74, 6) is 5.36. The lowest BCUT2D eigenvalue weighted by atomic mass is 9.93.